The lowest BCUT2D eigenvalue weighted by atomic mass is 9.88. The number of rotatable bonds is 4. The molecule has 3 rings (SSSR count). The molecule has 24 heavy (non-hydrogen) atoms. The molecule has 0 aliphatic carbocycles. The van der Waals surface area contributed by atoms with Gasteiger partial charge in [0.05, 0.1) is 18.7 Å². The first-order valence-electron chi connectivity index (χ1n) is 7.18. The van der Waals surface area contributed by atoms with Crippen molar-refractivity contribution in [3.05, 3.63) is 58.3 Å². The molecule has 0 bridgehead atoms. The van der Waals surface area contributed by atoms with Crippen molar-refractivity contribution in [2.75, 3.05) is 11.4 Å². The fourth-order valence-corrected chi connectivity index (χ4v) is 3.17. The van der Waals surface area contributed by atoms with Gasteiger partial charge in [-0.1, -0.05) is 21.9 Å². The van der Waals surface area contributed by atoms with Gasteiger partial charge in [0.15, 0.2) is 11.4 Å². The summed E-state index contributed by atoms with van der Waals surface area (Å²) in [4.78, 5) is 30.4. The second kappa shape index (κ2) is 6.19. The normalized spacial score (nSPS) is 19.0. The summed E-state index contributed by atoms with van der Waals surface area (Å²) in [7, 11) is 0. The van der Waals surface area contributed by atoms with Crippen LogP contribution >= 0.6 is 15.9 Å². The van der Waals surface area contributed by atoms with E-state index in [-0.39, 0.29) is 18.7 Å². The zero-order valence-corrected chi connectivity index (χ0v) is 14.2. The molecule has 2 heterocycles. The lowest BCUT2D eigenvalue weighted by molar-refractivity contribution is -0.135. The minimum absolute atomic E-state index is 0.0247. The van der Waals surface area contributed by atoms with Gasteiger partial charge in [-0.25, -0.2) is 0 Å². The third kappa shape index (κ3) is 2.62. The number of halogens is 1. The highest BCUT2D eigenvalue weighted by Crippen LogP contribution is 2.43. The van der Waals surface area contributed by atoms with Gasteiger partial charge in [0.25, 0.3) is 5.91 Å². The Balaban J connectivity index is 2.03. The van der Waals surface area contributed by atoms with Crippen molar-refractivity contribution >= 4 is 33.3 Å². The summed E-state index contributed by atoms with van der Waals surface area (Å²) >= 11 is 3.33. The van der Waals surface area contributed by atoms with Crippen LogP contribution in [0.2, 0.25) is 0 Å². The van der Waals surface area contributed by atoms with Gasteiger partial charge in [0, 0.05) is 28.0 Å². The number of aromatic nitrogens is 1. The number of fused-ring (bicyclic) bond motifs is 1. The summed E-state index contributed by atoms with van der Waals surface area (Å²) < 4.78 is 0.698. The number of carbonyl (C=O) groups excluding carboxylic acids is 2. The van der Waals surface area contributed by atoms with Crippen LogP contribution in [0.3, 0.4) is 0 Å². The third-order valence-corrected chi connectivity index (χ3v) is 4.44. The number of hydrogen-bond donors (Lipinski definition) is 1. The van der Waals surface area contributed by atoms with E-state index >= 15 is 0 Å². The van der Waals surface area contributed by atoms with E-state index in [1.165, 1.54) is 11.1 Å². The van der Waals surface area contributed by atoms with E-state index in [1.807, 2.05) is 0 Å². The van der Waals surface area contributed by atoms with Gasteiger partial charge in [-0.05, 0) is 30.3 Å². The number of aliphatic hydroxyl groups is 1. The standard InChI is InChI=1S/C18H13BrN2O3/c1-2-8-21-15-6-5-13(19)9-14(15)18(24,17(21)23)10-16(22)12-4-3-7-20-11-12/h1,3-7,9,11,24H,8,10H2. The average Bonchev–Trinajstić information content (AvgIpc) is 2.78. The van der Waals surface area contributed by atoms with Crippen molar-refractivity contribution in [2.45, 2.75) is 12.0 Å². The lowest BCUT2D eigenvalue weighted by Crippen LogP contribution is -2.42. The Morgan fingerprint density at radius 3 is 2.88 bits per heavy atom. The summed E-state index contributed by atoms with van der Waals surface area (Å²) in [5.41, 5.74) is -0.717. The zero-order valence-electron chi connectivity index (χ0n) is 12.6. The highest BCUT2D eigenvalue weighted by atomic mass is 79.9. The highest BCUT2D eigenvalue weighted by molar-refractivity contribution is 9.10. The number of terminal acetylenes is 1. The monoisotopic (exact) mass is 384 g/mol. The summed E-state index contributed by atoms with van der Waals surface area (Å²) in [6.07, 6.45) is 7.91. The molecule has 1 aliphatic heterocycles. The topological polar surface area (TPSA) is 70.5 Å². The van der Waals surface area contributed by atoms with Crippen LogP contribution in [0.25, 0.3) is 0 Å². The van der Waals surface area contributed by atoms with E-state index in [9.17, 15) is 14.7 Å². The summed E-state index contributed by atoms with van der Waals surface area (Å²) in [6, 6.07) is 8.31. The molecule has 1 amide bonds. The van der Waals surface area contributed by atoms with E-state index < -0.39 is 11.5 Å². The van der Waals surface area contributed by atoms with Gasteiger partial charge in [-0.15, -0.1) is 6.42 Å². The second-order valence-electron chi connectivity index (χ2n) is 5.46. The molecule has 1 aliphatic rings. The van der Waals surface area contributed by atoms with E-state index in [2.05, 4.69) is 26.8 Å². The molecule has 6 heteroatoms. The number of nitrogens with zero attached hydrogens (tertiary/aromatic N) is 2. The average molecular weight is 385 g/mol. The first-order valence-corrected chi connectivity index (χ1v) is 7.98. The Kier molecular flexibility index (Phi) is 4.22. The predicted molar refractivity (Wildman–Crippen MR) is 92.4 cm³/mol. The van der Waals surface area contributed by atoms with Crippen LogP contribution in [0.5, 0.6) is 0 Å². The second-order valence-corrected chi connectivity index (χ2v) is 6.37. The van der Waals surface area contributed by atoms with Crippen LogP contribution in [0.1, 0.15) is 22.3 Å². The summed E-state index contributed by atoms with van der Waals surface area (Å²) in [5, 5.41) is 11.0. The van der Waals surface area contributed by atoms with Crippen molar-refractivity contribution < 1.29 is 14.7 Å². The number of hydrogen-bond acceptors (Lipinski definition) is 4. The minimum Gasteiger partial charge on any atom is -0.375 e. The van der Waals surface area contributed by atoms with Crippen molar-refractivity contribution in [1.29, 1.82) is 0 Å². The SMILES string of the molecule is C#CCN1C(=O)C(O)(CC(=O)c2cccnc2)c2cc(Br)ccc21. The third-order valence-electron chi connectivity index (χ3n) is 3.94. The van der Waals surface area contributed by atoms with Gasteiger partial charge < -0.3 is 5.11 Å². The predicted octanol–water partition coefficient (Wildman–Crippen LogP) is 2.28. The van der Waals surface area contributed by atoms with Crippen LogP contribution in [0.4, 0.5) is 5.69 Å². The lowest BCUT2D eigenvalue weighted by Gasteiger charge is -2.21. The Bertz CT molecular complexity index is 860. The van der Waals surface area contributed by atoms with Crippen molar-refractivity contribution in [1.82, 2.24) is 4.98 Å². The van der Waals surface area contributed by atoms with Crippen molar-refractivity contribution in [2.24, 2.45) is 0 Å². The van der Waals surface area contributed by atoms with Crippen LogP contribution in [-0.4, -0.2) is 28.3 Å². The Labute approximate surface area is 147 Å². The van der Waals surface area contributed by atoms with Crippen LogP contribution < -0.4 is 4.90 Å². The van der Waals surface area contributed by atoms with Gasteiger partial charge in [-0.2, -0.15) is 0 Å². The van der Waals surface area contributed by atoms with Gasteiger partial charge in [0.1, 0.15) is 0 Å². The molecule has 0 radical (unpaired) electrons. The maximum Gasteiger partial charge on any atom is 0.265 e. The molecule has 1 aromatic heterocycles. The smallest absolute Gasteiger partial charge is 0.265 e. The Morgan fingerprint density at radius 2 is 2.21 bits per heavy atom. The molecule has 1 atom stereocenters. The van der Waals surface area contributed by atoms with Crippen molar-refractivity contribution in [3.8, 4) is 12.3 Å². The molecule has 1 unspecified atom stereocenters. The van der Waals surface area contributed by atoms with Gasteiger partial charge >= 0.3 is 0 Å². The van der Waals surface area contributed by atoms with Gasteiger partial charge in [0.2, 0.25) is 0 Å². The first kappa shape index (κ1) is 16.4. The summed E-state index contributed by atoms with van der Waals surface area (Å²) in [6.45, 7) is 0.0247. The van der Waals surface area contributed by atoms with E-state index in [0.29, 0.717) is 21.3 Å². The fraction of sp³-hybridized carbons (Fsp3) is 0.167. The summed E-state index contributed by atoms with van der Waals surface area (Å²) in [5.74, 6) is 1.45. The number of benzene rings is 1. The van der Waals surface area contributed by atoms with Gasteiger partial charge in [-0.3, -0.25) is 19.5 Å². The molecular formula is C18H13BrN2O3. The van der Waals surface area contributed by atoms with Crippen LogP contribution in [0.15, 0.2) is 47.2 Å². The zero-order chi connectivity index (χ0) is 17.3. The number of ketones is 1. The molecule has 1 N–H and O–H groups in total. The number of carbonyl (C=O) groups is 2. The van der Waals surface area contributed by atoms with E-state index in [4.69, 9.17) is 6.42 Å². The van der Waals surface area contributed by atoms with E-state index in [1.54, 1.807) is 36.5 Å². The Morgan fingerprint density at radius 1 is 1.42 bits per heavy atom. The quantitative estimate of drug-likeness (QED) is 0.648. The van der Waals surface area contributed by atoms with Crippen molar-refractivity contribution in [3.63, 3.8) is 0 Å². The van der Waals surface area contributed by atoms with Crippen LogP contribution in [-0.2, 0) is 10.4 Å². The molecule has 120 valence electrons. The molecule has 0 spiro atoms. The number of Topliss-reactive ketones (excluding diaryl/α,β-unsaturated/α-hetero) is 1. The maximum absolute atomic E-state index is 12.7. The fourth-order valence-electron chi connectivity index (χ4n) is 2.80. The van der Waals surface area contributed by atoms with E-state index in [0.717, 1.165) is 0 Å². The molecule has 0 fully saturated rings. The minimum atomic E-state index is -1.94. The molecule has 0 saturated heterocycles. The number of amides is 1. The number of anilines is 1. The largest absolute Gasteiger partial charge is 0.375 e. The Hall–Kier alpha value is -2.49. The molecule has 0 saturated carbocycles. The van der Waals surface area contributed by atoms with Crippen LogP contribution in [0, 0.1) is 12.3 Å². The molecule has 2 aromatic rings. The molecule has 1 aromatic carbocycles. The number of pyridine rings is 1. The highest BCUT2D eigenvalue weighted by Gasteiger charge is 2.50. The molecule has 5 nitrogen and oxygen atoms in total. The molecular weight excluding hydrogens is 372 g/mol. The first-order chi connectivity index (χ1) is 11.5. The maximum atomic E-state index is 12.7.